The van der Waals surface area contributed by atoms with E-state index in [1.54, 1.807) is 11.6 Å². The van der Waals surface area contributed by atoms with E-state index >= 15 is 0 Å². The summed E-state index contributed by atoms with van der Waals surface area (Å²) in [7, 11) is 1.78. The number of ether oxygens (including phenoxy) is 1. The minimum atomic E-state index is 0.0319. The smallest absolute Gasteiger partial charge is 0.253 e. The van der Waals surface area contributed by atoms with E-state index < -0.39 is 0 Å². The third-order valence-electron chi connectivity index (χ3n) is 3.97. The lowest BCUT2D eigenvalue weighted by Crippen LogP contribution is -2.20. The number of hydrogen-bond acceptors (Lipinski definition) is 4. The second-order valence-electron chi connectivity index (χ2n) is 5.76. The van der Waals surface area contributed by atoms with Gasteiger partial charge in [-0.1, -0.05) is 0 Å². The summed E-state index contributed by atoms with van der Waals surface area (Å²) in [5.41, 5.74) is 3.88. The number of benzene rings is 1. The zero-order valence-corrected chi connectivity index (χ0v) is 13.7. The van der Waals surface area contributed by atoms with E-state index in [-0.39, 0.29) is 5.56 Å². The first-order chi connectivity index (χ1) is 10.5. The summed E-state index contributed by atoms with van der Waals surface area (Å²) in [5.74, 6) is 0. The molecular weight excluding hydrogens is 296 g/mol. The molecule has 0 spiro atoms. The number of hydrogen-bond donors (Lipinski definition) is 2. The molecule has 3 rings (SSSR count). The maximum Gasteiger partial charge on any atom is 0.253 e. The SMILES string of the molecule is Cc1cc(-c2cc(S)ccc2NC2CCOC2)cn(C)c1=O. The molecule has 0 amide bonds. The Balaban J connectivity index is 2.04. The molecule has 2 aromatic rings. The number of rotatable bonds is 3. The van der Waals surface area contributed by atoms with Gasteiger partial charge in [-0.05, 0) is 37.6 Å². The van der Waals surface area contributed by atoms with Crippen LogP contribution in [-0.4, -0.2) is 23.8 Å². The van der Waals surface area contributed by atoms with Crippen molar-refractivity contribution in [3.8, 4) is 11.1 Å². The highest BCUT2D eigenvalue weighted by Gasteiger charge is 2.17. The zero-order chi connectivity index (χ0) is 15.7. The number of pyridine rings is 1. The fourth-order valence-electron chi connectivity index (χ4n) is 2.79. The highest BCUT2D eigenvalue weighted by Crippen LogP contribution is 2.31. The van der Waals surface area contributed by atoms with Crippen LogP contribution in [0.1, 0.15) is 12.0 Å². The van der Waals surface area contributed by atoms with Gasteiger partial charge >= 0.3 is 0 Å². The standard InChI is InChI=1S/C17H20N2O2S/c1-11-7-12(9-19(2)17(11)20)15-8-14(22)3-4-16(15)18-13-5-6-21-10-13/h3-4,7-9,13,18,22H,5-6,10H2,1-2H3. The van der Waals surface area contributed by atoms with E-state index in [9.17, 15) is 4.79 Å². The fourth-order valence-corrected chi connectivity index (χ4v) is 2.99. The van der Waals surface area contributed by atoms with E-state index in [0.717, 1.165) is 46.9 Å². The molecule has 2 heterocycles. The molecule has 22 heavy (non-hydrogen) atoms. The molecule has 116 valence electrons. The van der Waals surface area contributed by atoms with Crippen molar-refractivity contribution in [2.24, 2.45) is 7.05 Å². The van der Waals surface area contributed by atoms with Crippen molar-refractivity contribution in [2.75, 3.05) is 18.5 Å². The Kier molecular flexibility index (Phi) is 4.27. The molecule has 1 unspecified atom stereocenters. The number of anilines is 1. The summed E-state index contributed by atoms with van der Waals surface area (Å²) >= 11 is 4.45. The second kappa shape index (κ2) is 6.18. The van der Waals surface area contributed by atoms with Crippen LogP contribution in [0.15, 0.2) is 40.2 Å². The number of nitrogens with one attached hydrogen (secondary N) is 1. The van der Waals surface area contributed by atoms with Crippen molar-refractivity contribution in [1.82, 2.24) is 4.57 Å². The molecule has 0 bridgehead atoms. The predicted molar refractivity (Wildman–Crippen MR) is 92.0 cm³/mol. The van der Waals surface area contributed by atoms with E-state index in [1.807, 2.05) is 37.4 Å². The average molecular weight is 316 g/mol. The van der Waals surface area contributed by atoms with Crippen molar-refractivity contribution in [1.29, 1.82) is 0 Å². The van der Waals surface area contributed by atoms with Gasteiger partial charge in [0.05, 0.1) is 12.6 Å². The second-order valence-corrected chi connectivity index (χ2v) is 6.28. The van der Waals surface area contributed by atoms with Crippen molar-refractivity contribution < 1.29 is 4.74 Å². The lowest BCUT2D eigenvalue weighted by molar-refractivity contribution is 0.195. The third-order valence-corrected chi connectivity index (χ3v) is 4.24. The third kappa shape index (κ3) is 3.05. The Morgan fingerprint density at radius 3 is 2.86 bits per heavy atom. The van der Waals surface area contributed by atoms with Crippen molar-refractivity contribution >= 4 is 18.3 Å². The number of aromatic nitrogens is 1. The van der Waals surface area contributed by atoms with Gasteiger partial charge in [0.15, 0.2) is 0 Å². The number of thiol groups is 1. The Hall–Kier alpha value is -1.72. The van der Waals surface area contributed by atoms with Gasteiger partial charge in [0.25, 0.3) is 5.56 Å². The number of nitrogens with zero attached hydrogens (tertiary/aromatic N) is 1. The molecule has 1 aromatic heterocycles. The first-order valence-electron chi connectivity index (χ1n) is 7.39. The highest BCUT2D eigenvalue weighted by atomic mass is 32.1. The highest BCUT2D eigenvalue weighted by molar-refractivity contribution is 7.80. The molecule has 0 radical (unpaired) electrons. The van der Waals surface area contributed by atoms with Crippen LogP contribution >= 0.6 is 12.6 Å². The summed E-state index contributed by atoms with van der Waals surface area (Å²) in [4.78, 5) is 12.8. The Morgan fingerprint density at radius 2 is 2.18 bits per heavy atom. The molecule has 1 saturated heterocycles. The molecule has 4 nitrogen and oxygen atoms in total. The Labute approximate surface area is 135 Å². The summed E-state index contributed by atoms with van der Waals surface area (Å²) in [6.07, 6.45) is 2.88. The van der Waals surface area contributed by atoms with Crippen molar-refractivity contribution in [3.63, 3.8) is 0 Å². The predicted octanol–water partition coefficient (Wildman–Crippen LogP) is 2.85. The maximum absolute atomic E-state index is 11.9. The lowest BCUT2D eigenvalue weighted by atomic mass is 10.0. The summed E-state index contributed by atoms with van der Waals surface area (Å²) in [6.45, 7) is 3.37. The van der Waals surface area contributed by atoms with Gasteiger partial charge in [0.2, 0.25) is 0 Å². The molecule has 1 aromatic carbocycles. The van der Waals surface area contributed by atoms with Crippen LogP contribution in [0.25, 0.3) is 11.1 Å². The van der Waals surface area contributed by atoms with Gasteiger partial charge in [-0.25, -0.2) is 0 Å². The van der Waals surface area contributed by atoms with E-state index in [1.165, 1.54) is 0 Å². The molecule has 1 N–H and O–H groups in total. The van der Waals surface area contributed by atoms with Gasteiger partial charge in [-0.3, -0.25) is 4.79 Å². The zero-order valence-electron chi connectivity index (χ0n) is 12.8. The molecule has 1 aliphatic heterocycles. The molecule has 1 aliphatic rings. The molecule has 0 saturated carbocycles. The van der Waals surface area contributed by atoms with Crippen LogP contribution in [0.5, 0.6) is 0 Å². The lowest BCUT2D eigenvalue weighted by Gasteiger charge is -2.17. The van der Waals surface area contributed by atoms with Crippen molar-refractivity contribution in [2.45, 2.75) is 24.3 Å². The molecule has 1 fully saturated rings. The van der Waals surface area contributed by atoms with Gasteiger partial charge in [-0.2, -0.15) is 0 Å². The first-order valence-corrected chi connectivity index (χ1v) is 7.84. The Morgan fingerprint density at radius 1 is 1.36 bits per heavy atom. The molecular formula is C17H20N2O2S. The van der Waals surface area contributed by atoms with E-state index in [0.29, 0.717) is 6.04 Å². The van der Waals surface area contributed by atoms with Crippen LogP contribution in [0.3, 0.4) is 0 Å². The minimum absolute atomic E-state index is 0.0319. The summed E-state index contributed by atoms with van der Waals surface area (Å²) < 4.78 is 7.05. The van der Waals surface area contributed by atoms with Crippen LogP contribution in [0.4, 0.5) is 5.69 Å². The molecule has 1 atom stereocenters. The van der Waals surface area contributed by atoms with E-state index in [4.69, 9.17) is 4.74 Å². The quantitative estimate of drug-likeness (QED) is 0.856. The van der Waals surface area contributed by atoms with Gasteiger partial charge in [0.1, 0.15) is 0 Å². The summed E-state index contributed by atoms with van der Waals surface area (Å²) in [6, 6.07) is 8.30. The molecule has 5 heteroatoms. The summed E-state index contributed by atoms with van der Waals surface area (Å²) in [5, 5.41) is 3.54. The first kappa shape index (κ1) is 15.2. The molecule has 0 aliphatic carbocycles. The van der Waals surface area contributed by atoms with Crippen molar-refractivity contribution in [3.05, 3.63) is 46.4 Å². The van der Waals surface area contributed by atoms with Crippen LogP contribution in [-0.2, 0) is 11.8 Å². The maximum atomic E-state index is 11.9. The number of aryl methyl sites for hydroxylation is 2. The minimum Gasteiger partial charge on any atom is -0.379 e. The van der Waals surface area contributed by atoms with Crippen LogP contribution in [0, 0.1) is 6.92 Å². The normalized spacial score (nSPS) is 17.7. The average Bonchev–Trinajstić information content (AvgIpc) is 2.99. The van der Waals surface area contributed by atoms with Crippen LogP contribution < -0.4 is 10.9 Å². The monoisotopic (exact) mass is 316 g/mol. The van der Waals surface area contributed by atoms with Gasteiger partial charge in [0, 0.05) is 47.1 Å². The topological polar surface area (TPSA) is 43.3 Å². The van der Waals surface area contributed by atoms with Gasteiger partial charge < -0.3 is 14.6 Å². The van der Waals surface area contributed by atoms with E-state index in [2.05, 4.69) is 17.9 Å². The largest absolute Gasteiger partial charge is 0.379 e. The fraction of sp³-hybridized carbons (Fsp3) is 0.353. The Bertz CT molecular complexity index is 723. The van der Waals surface area contributed by atoms with Crippen LogP contribution in [0.2, 0.25) is 0 Å². The van der Waals surface area contributed by atoms with Gasteiger partial charge in [-0.15, -0.1) is 12.6 Å².